The van der Waals surface area contributed by atoms with Crippen molar-refractivity contribution in [3.8, 4) is 0 Å². The lowest BCUT2D eigenvalue weighted by molar-refractivity contribution is -0.121. The Kier molecular flexibility index (Phi) is 11.9. The van der Waals surface area contributed by atoms with E-state index in [-0.39, 0.29) is 11.9 Å². The number of hydrogen-bond donors (Lipinski definition) is 2. The minimum absolute atomic E-state index is 0.0630. The van der Waals surface area contributed by atoms with Gasteiger partial charge in [-0.3, -0.25) is 9.59 Å². The summed E-state index contributed by atoms with van der Waals surface area (Å²) >= 11 is 0. The molecule has 0 aliphatic carbocycles. The van der Waals surface area contributed by atoms with E-state index in [2.05, 4.69) is 19.2 Å². The predicted molar refractivity (Wildman–Crippen MR) is 83.2 cm³/mol. The molecule has 3 N–H and O–H groups in total. The highest BCUT2D eigenvalue weighted by atomic mass is 16.2. The predicted octanol–water partition coefficient (Wildman–Crippen LogP) is 3.06. The van der Waals surface area contributed by atoms with Crippen LogP contribution in [-0.2, 0) is 9.59 Å². The summed E-state index contributed by atoms with van der Waals surface area (Å²) in [5.74, 6) is -0.406. The first-order chi connectivity index (χ1) is 9.60. The Labute approximate surface area is 123 Å². The zero-order chi connectivity index (χ0) is 15.2. The Balaban J connectivity index is 4.15. The van der Waals surface area contributed by atoms with Crippen LogP contribution in [0.1, 0.15) is 71.6 Å². The Morgan fingerprint density at radius 2 is 1.70 bits per heavy atom. The van der Waals surface area contributed by atoms with Gasteiger partial charge in [-0.05, 0) is 12.8 Å². The number of nitrogens with one attached hydrogen (secondary N) is 1. The molecule has 0 aromatic heterocycles. The van der Waals surface area contributed by atoms with Crippen LogP contribution in [0.5, 0.6) is 0 Å². The first-order valence-corrected chi connectivity index (χ1v) is 7.87. The molecule has 0 aromatic rings. The zero-order valence-corrected chi connectivity index (χ0v) is 13.0. The fourth-order valence-electron chi connectivity index (χ4n) is 2.03. The van der Waals surface area contributed by atoms with Gasteiger partial charge in [0.1, 0.15) is 0 Å². The van der Waals surface area contributed by atoms with E-state index in [0.717, 1.165) is 38.5 Å². The number of primary amides is 1. The number of amides is 2. The summed E-state index contributed by atoms with van der Waals surface area (Å²) in [4.78, 5) is 22.6. The molecule has 0 radical (unpaired) electrons. The molecule has 0 aromatic carbocycles. The van der Waals surface area contributed by atoms with Crippen LogP contribution >= 0.6 is 0 Å². The highest BCUT2D eigenvalue weighted by molar-refractivity contribution is 5.86. The fourth-order valence-corrected chi connectivity index (χ4v) is 2.03. The van der Waals surface area contributed by atoms with Crippen molar-refractivity contribution in [2.75, 3.05) is 0 Å². The Morgan fingerprint density at radius 3 is 2.30 bits per heavy atom. The first-order valence-electron chi connectivity index (χ1n) is 7.87. The molecule has 0 spiro atoms. The molecule has 0 bridgehead atoms. The van der Waals surface area contributed by atoms with Gasteiger partial charge in [0, 0.05) is 18.5 Å². The molecule has 0 fully saturated rings. The Hall–Kier alpha value is -1.32. The van der Waals surface area contributed by atoms with Crippen molar-refractivity contribution >= 4 is 11.8 Å². The average molecular weight is 282 g/mol. The molecular formula is C16H30N2O2. The molecule has 1 atom stereocenters. The molecule has 0 unspecified atom stereocenters. The second-order valence-electron chi connectivity index (χ2n) is 5.24. The van der Waals surface area contributed by atoms with Gasteiger partial charge in [-0.1, -0.05) is 58.4 Å². The van der Waals surface area contributed by atoms with Crippen LogP contribution in [0.25, 0.3) is 0 Å². The van der Waals surface area contributed by atoms with Crippen molar-refractivity contribution in [1.29, 1.82) is 0 Å². The molecule has 4 nitrogen and oxygen atoms in total. The number of nitrogens with two attached hydrogens (primary N) is 1. The Morgan fingerprint density at radius 1 is 1.05 bits per heavy atom. The molecule has 0 heterocycles. The zero-order valence-electron chi connectivity index (χ0n) is 13.0. The number of carbonyl (C=O) groups excluding carboxylic acids is 2. The standard InChI is InChI=1S/C16H30N2O2/c1-3-5-7-9-10-14(12-13-15(17)19)18-16(20)11-8-6-4-2/h12-14H,3-11H2,1-2H3,(H2,17,19)(H,18,20)/t14-/m1/s1. The summed E-state index contributed by atoms with van der Waals surface area (Å²) in [7, 11) is 0. The quantitative estimate of drug-likeness (QED) is 0.426. The van der Waals surface area contributed by atoms with Crippen molar-refractivity contribution in [3.05, 3.63) is 12.2 Å². The third kappa shape index (κ3) is 11.8. The van der Waals surface area contributed by atoms with Gasteiger partial charge in [0.15, 0.2) is 0 Å². The smallest absolute Gasteiger partial charge is 0.241 e. The number of rotatable bonds is 12. The summed E-state index contributed by atoms with van der Waals surface area (Å²) in [6.07, 6.45) is 12.2. The monoisotopic (exact) mass is 282 g/mol. The topological polar surface area (TPSA) is 72.2 Å². The summed E-state index contributed by atoms with van der Waals surface area (Å²) in [6, 6.07) is -0.0755. The van der Waals surface area contributed by atoms with Crippen LogP contribution < -0.4 is 11.1 Å². The molecule has 4 heteroatoms. The highest BCUT2D eigenvalue weighted by Crippen LogP contribution is 2.07. The fraction of sp³-hybridized carbons (Fsp3) is 0.750. The number of carbonyl (C=O) groups is 2. The van der Waals surface area contributed by atoms with E-state index in [9.17, 15) is 9.59 Å². The highest BCUT2D eigenvalue weighted by Gasteiger charge is 2.09. The lowest BCUT2D eigenvalue weighted by atomic mass is 10.1. The second kappa shape index (κ2) is 12.7. The lowest BCUT2D eigenvalue weighted by Gasteiger charge is -2.15. The van der Waals surface area contributed by atoms with Crippen molar-refractivity contribution in [2.45, 2.75) is 77.7 Å². The van der Waals surface area contributed by atoms with Crippen LogP contribution in [0, 0.1) is 0 Å². The van der Waals surface area contributed by atoms with Crippen LogP contribution in [0.2, 0.25) is 0 Å². The van der Waals surface area contributed by atoms with Crippen LogP contribution in [0.4, 0.5) is 0 Å². The molecule has 0 saturated carbocycles. The van der Waals surface area contributed by atoms with Gasteiger partial charge in [-0.2, -0.15) is 0 Å². The molecule has 0 aliphatic rings. The minimum Gasteiger partial charge on any atom is -0.366 e. The van der Waals surface area contributed by atoms with Gasteiger partial charge >= 0.3 is 0 Å². The third-order valence-corrected chi connectivity index (χ3v) is 3.22. The molecular weight excluding hydrogens is 252 g/mol. The molecule has 2 amide bonds. The minimum atomic E-state index is -0.469. The molecule has 116 valence electrons. The molecule has 0 aliphatic heterocycles. The maximum atomic E-state index is 11.8. The largest absolute Gasteiger partial charge is 0.366 e. The lowest BCUT2D eigenvalue weighted by Crippen LogP contribution is -2.33. The third-order valence-electron chi connectivity index (χ3n) is 3.22. The van der Waals surface area contributed by atoms with Crippen molar-refractivity contribution < 1.29 is 9.59 Å². The molecule has 0 rings (SSSR count). The van der Waals surface area contributed by atoms with Crippen LogP contribution in [-0.4, -0.2) is 17.9 Å². The normalized spacial score (nSPS) is 12.5. The van der Waals surface area contributed by atoms with Gasteiger partial charge in [0.2, 0.25) is 11.8 Å². The summed E-state index contributed by atoms with van der Waals surface area (Å²) < 4.78 is 0. The van der Waals surface area contributed by atoms with Gasteiger partial charge in [0.05, 0.1) is 0 Å². The first kappa shape index (κ1) is 18.7. The van der Waals surface area contributed by atoms with Crippen molar-refractivity contribution in [2.24, 2.45) is 5.73 Å². The second-order valence-corrected chi connectivity index (χ2v) is 5.24. The van der Waals surface area contributed by atoms with E-state index in [1.165, 1.54) is 18.9 Å². The van der Waals surface area contributed by atoms with Crippen LogP contribution in [0.15, 0.2) is 12.2 Å². The van der Waals surface area contributed by atoms with Crippen molar-refractivity contribution in [1.82, 2.24) is 5.32 Å². The van der Waals surface area contributed by atoms with E-state index in [1.54, 1.807) is 6.08 Å². The summed E-state index contributed by atoms with van der Waals surface area (Å²) in [5.41, 5.74) is 5.11. The molecule has 0 saturated heterocycles. The van der Waals surface area contributed by atoms with E-state index >= 15 is 0 Å². The Bertz CT molecular complexity index is 301. The number of unbranched alkanes of at least 4 members (excludes halogenated alkanes) is 5. The average Bonchev–Trinajstić information content (AvgIpc) is 2.40. The van der Waals surface area contributed by atoms with Gasteiger partial charge in [-0.15, -0.1) is 0 Å². The van der Waals surface area contributed by atoms with E-state index in [1.807, 2.05) is 0 Å². The van der Waals surface area contributed by atoms with E-state index in [0.29, 0.717) is 6.42 Å². The molecule has 20 heavy (non-hydrogen) atoms. The SMILES string of the molecule is CCCCCC[C@H](C=CC(N)=O)NC(=O)CCCCC. The van der Waals surface area contributed by atoms with E-state index in [4.69, 9.17) is 5.73 Å². The van der Waals surface area contributed by atoms with Gasteiger partial charge < -0.3 is 11.1 Å². The van der Waals surface area contributed by atoms with Gasteiger partial charge in [0.25, 0.3) is 0 Å². The van der Waals surface area contributed by atoms with Crippen LogP contribution in [0.3, 0.4) is 0 Å². The maximum absolute atomic E-state index is 11.8. The number of hydrogen-bond acceptors (Lipinski definition) is 2. The summed E-state index contributed by atoms with van der Waals surface area (Å²) in [6.45, 7) is 4.28. The van der Waals surface area contributed by atoms with Gasteiger partial charge in [-0.25, -0.2) is 0 Å². The maximum Gasteiger partial charge on any atom is 0.241 e. The summed E-state index contributed by atoms with van der Waals surface area (Å²) in [5, 5.41) is 2.97. The van der Waals surface area contributed by atoms with Crippen molar-refractivity contribution in [3.63, 3.8) is 0 Å². The van der Waals surface area contributed by atoms with E-state index < -0.39 is 5.91 Å².